The number of ether oxygens (including phenoxy) is 4. The van der Waals surface area contributed by atoms with Gasteiger partial charge in [0.05, 0.1) is 20.8 Å². The van der Waals surface area contributed by atoms with E-state index in [1.165, 1.54) is 20.3 Å². The van der Waals surface area contributed by atoms with Gasteiger partial charge in [-0.05, 0) is 55.7 Å². The molecule has 0 unspecified atom stereocenters. The third-order valence-electron chi connectivity index (χ3n) is 4.36. The molecule has 0 aliphatic heterocycles. The Labute approximate surface area is 181 Å². The summed E-state index contributed by atoms with van der Waals surface area (Å²) in [5.74, 6) is 0.193. The Bertz CT molecular complexity index is 1020. The first-order chi connectivity index (χ1) is 14.9. The average Bonchev–Trinajstić information content (AvgIpc) is 2.76. The number of nitriles is 1. The van der Waals surface area contributed by atoms with Crippen molar-refractivity contribution in [1.82, 2.24) is 0 Å². The summed E-state index contributed by atoms with van der Waals surface area (Å²) >= 11 is 0. The number of carbonyl (C=O) groups excluding carboxylic acids is 2. The van der Waals surface area contributed by atoms with Crippen molar-refractivity contribution in [2.45, 2.75) is 26.7 Å². The van der Waals surface area contributed by atoms with Gasteiger partial charge < -0.3 is 18.9 Å². The molecular formula is C24H25NO6. The lowest BCUT2D eigenvalue weighted by Crippen LogP contribution is -2.11. The number of hydrogen-bond acceptors (Lipinski definition) is 7. The van der Waals surface area contributed by atoms with Gasteiger partial charge in [-0.25, -0.2) is 4.79 Å². The summed E-state index contributed by atoms with van der Waals surface area (Å²) in [6.45, 7) is 4.39. The molecule has 0 heterocycles. The number of aryl methyl sites for hydroxylation is 2. The standard InChI is InChI=1S/C24H25NO6/c1-16-7-9-20(17(2)12-16)30-11-5-6-23(26)31-21-10-8-18(14-22(21)28-3)13-19(15-25)24(27)29-4/h7-10,12-14H,5-6,11H2,1-4H3. The molecule has 0 aromatic heterocycles. The lowest BCUT2D eigenvalue weighted by molar-refractivity contribution is -0.136. The number of esters is 2. The summed E-state index contributed by atoms with van der Waals surface area (Å²) in [5, 5.41) is 9.06. The summed E-state index contributed by atoms with van der Waals surface area (Å²) in [6, 6.07) is 12.4. The molecule has 2 rings (SSSR count). The highest BCUT2D eigenvalue weighted by molar-refractivity contribution is 5.97. The van der Waals surface area contributed by atoms with Gasteiger partial charge in [0.15, 0.2) is 11.5 Å². The smallest absolute Gasteiger partial charge is 0.348 e. The Hall–Kier alpha value is -3.79. The SMILES string of the molecule is COC(=O)C(C#N)=Cc1ccc(OC(=O)CCCOc2ccc(C)cc2C)c(OC)c1. The number of rotatable bonds is 9. The van der Waals surface area contributed by atoms with Gasteiger partial charge in [-0.15, -0.1) is 0 Å². The molecule has 0 N–H and O–H groups in total. The molecule has 0 atom stereocenters. The fourth-order valence-corrected chi connectivity index (χ4v) is 2.81. The lowest BCUT2D eigenvalue weighted by Gasteiger charge is -2.11. The molecule has 0 aliphatic rings. The minimum atomic E-state index is -0.736. The zero-order chi connectivity index (χ0) is 22.8. The van der Waals surface area contributed by atoms with Crippen molar-refractivity contribution < 1.29 is 28.5 Å². The van der Waals surface area contributed by atoms with Gasteiger partial charge in [-0.2, -0.15) is 5.26 Å². The highest BCUT2D eigenvalue weighted by atomic mass is 16.6. The van der Waals surface area contributed by atoms with Crippen molar-refractivity contribution in [2.24, 2.45) is 0 Å². The fraction of sp³-hybridized carbons (Fsp3) is 0.292. The van der Waals surface area contributed by atoms with Crippen LogP contribution < -0.4 is 14.2 Å². The van der Waals surface area contributed by atoms with E-state index in [2.05, 4.69) is 4.74 Å². The Kier molecular flexibility index (Phi) is 8.64. The van der Waals surface area contributed by atoms with E-state index in [1.54, 1.807) is 24.3 Å². The van der Waals surface area contributed by atoms with Gasteiger partial charge >= 0.3 is 11.9 Å². The van der Waals surface area contributed by atoms with E-state index in [1.807, 2.05) is 32.0 Å². The van der Waals surface area contributed by atoms with E-state index < -0.39 is 11.9 Å². The molecule has 31 heavy (non-hydrogen) atoms. The number of hydrogen-bond donors (Lipinski definition) is 0. The first kappa shape index (κ1) is 23.5. The Morgan fingerprint density at radius 1 is 1.03 bits per heavy atom. The van der Waals surface area contributed by atoms with Gasteiger partial charge in [0.2, 0.25) is 0 Å². The number of methoxy groups -OCH3 is 2. The van der Waals surface area contributed by atoms with E-state index in [-0.39, 0.29) is 17.7 Å². The van der Waals surface area contributed by atoms with Crippen LogP contribution in [0.1, 0.15) is 29.5 Å². The maximum atomic E-state index is 12.2. The monoisotopic (exact) mass is 423 g/mol. The molecule has 0 amide bonds. The molecule has 0 aliphatic carbocycles. The second-order valence-corrected chi connectivity index (χ2v) is 6.77. The fourth-order valence-electron chi connectivity index (χ4n) is 2.81. The van der Waals surface area contributed by atoms with Crippen molar-refractivity contribution >= 4 is 18.0 Å². The van der Waals surface area contributed by atoms with E-state index in [4.69, 9.17) is 19.5 Å². The molecule has 2 aromatic rings. The minimum absolute atomic E-state index is 0.155. The van der Waals surface area contributed by atoms with Crippen molar-refractivity contribution in [3.05, 3.63) is 58.7 Å². The van der Waals surface area contributed by atoms with Crippen LogP contribution >= 0.6 is 0 Å². The van der Waals surface area contributed by atoms with Crippen molar-refractivity contribution in [2.75, 3.05) is 20.8 Å². The quantitative estimate of drug-likeness (QED) is 0.196. The molecular weight excluding hydrogens is 398 g/mol. The zero-order valence-corrected chi connectivity index (χ0v) is 18.1. The number of benzene rings is 2. The number of carbonyl (C=O) groups is 2. The third-order valence-corrected chi connectivity index (χ3v) is 4.36. The molecule has 2 aromatic carbocycles. The summed E-state index contributed by atoms with van der Waals surface area (Å²) < 4.78 is 20.9. The Balaban J connectivity index is 1.94. The largest absolute Gasteiger partial charge is 0.493 e. The van der Waals surface area contributed by atoms with Gasteiger partial charge in [-0.3, -0.25) is 4.79 Å². The maximum absolute atomic E-state index is 12.2. The summed E-state index contributed by atoms with van der Waals surface area (Å²) in [5.41, 5.74) is 2.59. The van der Waals surface area contributed by atoms with Crippen LogP contribution in [0.25, 0.3) is 6.08 Å². The molecule has 162 valence electrons. The van der Waals surface area contributed by atoms with Crippen LogP contribution in [0.2, 0.25) is 0 Å². The first-order valence-electron chi connectivity index (χ1n) is 9.66. The molecule has 0 saturated heterocycles. The molecule has 0 bridgehead atoms. The number of nitrogens with zero attached hydrogens (tertiary/aromatic N) is 1. The van der Waals surface area contributed by atoms with Crippen LogP contribution in [-0.4, -0.2) is 32.8 Å². The lowest BCUT2D eigenvalue weighted by atomic mass is 10.1. The molecule has 7 heteroatoms. The van der Waals surface area contributed by atoms with E-state index >= 15 is 0 Å². The molecule has 0 fully saturated rings. The predicted molar refractivity (Wildman–Crippen MR) is 115 cm³/mol. The molecule has 0 spiro atoms. The summed E-state index contributed by atoms with van der Waals surface area (Å²) in [7, 11) is 2.63. The molecule has 0 saturated carbocycles. The normalized spacial score (nSPS) is 10.7. The first-order valence-corrected chi connectivity index (χ1v) is 9.66. The highest BCUT2D eigenvalue weighted by Crippen LogP contribution is 2.29. The second kappa shape index (κ2) is 11.4. The van der Waals surface area contributed by atoms with E-state index in [0.717, 1.165) is 16.9 Å². The van der Waals surface area contributed by atoms with Crippen LogP contribution in [0, 0.1) is 25.2 Å². The maximum Gasteiger partial charge on any atom is 0.348 e. The summed E-state index contributed by atoms with van der Waals surface area (Å²) in [4.78, 5) is 23.7. The summed E-state index contributed by atoms with van der Waals surface area (Å²) in [6.07, 6.45) is 2.04. The third kappa shape index (κ3) is 6.89. The van der Waals surface area contributed by atoms with Gasteiger partial charge in [0.1, 0.15) is 17.4 Å². The predicted octanol–water partition coefficient (Wildman–Crippen LogP) is 4.16. The average molecular weight is 423 g/mol. The van der Waals surface area contributed by atoms with E-state index in [9.17, 15) is 9.59 Å². The van der Waals surface area contributed by atoms with Crippen molar-refractivity contribution in [3.8, 4) is 23.3 Å². The van der Waals surface area contributed by atoms with Gasteiger partial charge in [0, 0.05) is 6.42 Å². The van der Waals surface area contributed by atoms with E-state index in [0.29, 0.717) is 24.3 Å². The molecule has 7 nitrogen and oxygen atoms in total. The topological polar surface area (TPSA) is 94.9 Å². The van der Waals surface area contributed by atoms with Gasteiger partial charge in [0.25, 0.3) is 0 Å². The Morgan fingerprint density at radius 2 is 1.77 bits per heavy atom. The van der Waals surface area contributed by atoms with Crippen LogP contribution in [0.15, 0.2) is 42.0 Å². The van der Waals surface area contributed by atoms with Crippen molar-refractivity contribution in [1.29, 1.82) is 5.26 Å². The van der Waals surface area contributed by atoms with Crippen molar-refractivity contribution in [3.63, 3.8) is 0 Å². The Morgan fingerprint density at radius 3 is 2.42 bits per heavy atom. The van der Waals surface area contributed by atoms with Crippen LogP contribution in [0.3, 0.4) is 0 Å². The molecule has 0 radical (unpaired) electrons. The van der Waals surface area contributed by atoms with Gasteiger partial charge in [-0.1, -0.05) is 23.8 Å². The highest BCUT2D eigenvalue weighted by Gasteiger charge is 2.13. The van der Waals surface area contributed by atoms with Crippen LogP contribution in [0.4, 0.5) is 0 Å². The van der Waals surface area contributed by atoms with Crippen LogP contribution in [0.5, 0.6) is 17.2 Å². The minimum Gasteiger partial charge on any atom is -0.493 e. The second-order valence-electron chi connectivity index (χ2n) is 6.77. The van der Waals surface area contributed by atoms with Crippen LogP contribution in [-0.2, 0) is 14.3 Å². The zero-order valence-electron chi connectivity index (χ0n) is 18.1.